The first-order valence-corrected chi connectivity index (χ1v) is 7.07. The van der Waals surface area contributed by atoms with Crippen LogP contribution in [0.5, 0.6) is 0 Å². The molecule has 3 rings (SSSR count). The van der Waals surface area contributed by atoms with Gasteiger partial charge in [0.15, 0.2) is 0 Å². The van der Waals surface area contributed by atoms with Gasteiger partial charge in [0, 0.05) is 30.2 Å². The molecule has 1 aromatic heterocycles. The highest BCUT2D eigenvalue weighted by Crippen LogP contribution is 2.19. The molecular formula is C14H14ClN5O. The van der Waals surface area contributed by atoms with E-state index < -0.39 is 0 Å². The summed E-state index contributed by atoms with van der Waals surface area (Å²) in [5.74, 6) is 1.05. The molecule has 1 saturated heterocycles. The molecule has 0 saturated carbocycles. The maximum absolute atomic E-state index is 9.14. The molecule has 2 heterocycles. The fourth-order valence-electron chi connectivity index (χ4n) is 2.27. The number of hydrogen-bond acceptors (Lipinski definition) is 6. The number of hydrogen-bond donors (Lipinski definition) is 1. The Hall–Kier alpha value is -1.94. The van der Waals surface area contributed by atoms with Crippen LogP contribution in [0.25, 0.3) is 11.4 Å². The first-order chi connectivity index (χ1) is 10.3. The molecule has 1 N–H and O–H groups in total. The zero-order valence-electron chi connectivity index (χ0n) is 11.3. The minimum atomic E-state index is -0.162. The molecule has 7 heteroatoms. The largest absolute Gasteiger partial charge is 0.338 e. The lowest BCUT2D eigenvalue weighted by Crippen LogP contribution is -2.50. The van der Waals surface area contributed by atoms with Crippen molar-refractivity contribution in [2.45, 2.75) is 12.6 Å². The van der Waals surface area contributed by atoms with Crippen molar-refractivity contribution >= 4 is 11.6 Å². The number of benzene rings is 1. The summed E-state index contributed by atoms with van der Waals surface area (Å²) in [5.41, 5.74) is 0.853. The molecule has 0 spiro atoms. The number of nitrogens with zero attached hydrogens (tertiary/aromatic N) is 4. The van der Waals surface area contributed by atoms with Gasteiger partial charge in [-0.2, -0.15) is 10.2 Å². The van der Waals surface area contributed by atoms with Crippen molar-refractivity contribution in [2.24, 2.45) is 0 Å². The maximum Gasteiger partial charge on any atom is 0.241 e. The van der Waals surface area contributed by atoms with E-state index in [2.05, 4.69) is 21.5 Å². The third kappa shape index (κ3) is 3.22. The van der Waals surface area contributed by atoms with E-state index in [1.54, 1.807) is 12.1 Å². The van der Waals surface area contributed by atoms with E-state index in [1.165, 1.54) is 0 Å². The van der Waals surface area contributed by atoms with E-state index >= 15 is 0 Å². The Bertz CT molecular complexity index is 648. The Balaban J connectivity index is 1.73. The standard InChI is InChI=1S/C14H14ClN5O/c15-11-3-1-10(2-4-11)14-18-13(21-19-14)9-20-6-5-17-8-12(20)7-16/h1-4,12,17H,5-6,8-9H2. The van der Waals surface area contributed by atoms with Crippen LogP contribution in [0.4, 0.5) is 0 Å². The normalized spacial score (nSPS) is 19.3. The smallest absolute Gasteiger partial charge is 0.241 e. The second-order valence-electron chi connectivity index (χ2n) is 4.84. The summed E-state index contributed by atoms with van der Waals surface area (Å²) in [5, 5.41) is 17.0. The molecular weight excluding hydrogens is 290 g/mol. The van der Waals surface area contributed by atoms with Gasteiger partial charge in [-0.05, 0) is 24.3 Å². The van der Waals surface area contributed by atoms with E-state index in [1.807, 2.05) is 17.0 Å². The molecule has 0 amide bonds. The highest BCUT2D eigenvalue weighted by Gasteiger charge is 2.23. The summed E-state index contributed by atoms with van der Waals surface area (Å²) in [4.78, 5) is 6.42. The summed E-state index contributed by atoms with van der Waals surface area (Å²) < 4.78 is 5.28. The van der Waals surface area contributed by atoms with Crippen LogP contribution in [-0.2, 0) is 6.54 Å². The number of aromatic nitrogens is 2. The van der Waals surface area contributed by atoms with Crippen LogP contribution in [0.15, 0.2) is 28.8 Å². The molecule has 1 fully saturated rings. The zero-order valence-corrected chi connectivity index (χ0v) is 12.0. The highest BCUT2D eigenvalue weighted by molar-refractivity contribution is 6.30. The van der Waals surface area contributed by atoms with Crippen LogP contribution < -0.4 is 5.32 Å². The zero-order chi connectivity index (χ0) is 14.7. The SMILES string of the molecule is N#CC1CNCCN1Cc1nc(-c2ccc(Cl)cc2)no1. The van der Waals surface area contributed by atoms with Crippen molar-refractivity contribution in [3.05, 3.63) is 35.2 Å². The van der Waals surface area contributed by atoms with Gasteiger partial charge in [0.25, 0.3) is 0 Å². The number of rotatable bonds is 3. The monoisotopic (exact) mass is 303 g/mol. The fraction of sp³-hybridized carbons (Fsp3) is 0.357. The van der Waals surface area contributed by atoms with Crippen LogP contribution in [0.1, 0.15) is 5.89 Å². The van der Waals surface area contributed by atoms with Crippen LogP contribution >= 0.6 is 11.6 Å². The van der Waals surface area contributed by atoms with Crippen LogP contribution in [0.2, 0.25) is 5.02 Å². The lowest BCUT2D eigenvalue weighted by atomic mass is 10.2. The summed E-state index contributed by atoms with van der Waals surface area (Å²) in [6.07, 6.45) is 0. The van der Waals surface area contributed by atoms with E-state index in [0.29, 0.717) is 29.8 Å². The Labute approximate surface area is 127 Å². The van der Waals surface area contributed by atoms with Crippen LogP contribution in [-0.4, -0.2) is 40.7 Å². The number of halogens is 1. The van der Waals surface area contributed by atoms with Crippen LogP contribution in [0, 0.1) is 11.3 Å². The molecule has 1 unspecified atom stereocenters. The third-order valence-corrected chi connectivity index (χ3v) is 3.66. The van der Waals surface area contributed by atoms with Gasteiger partial charge >= 0.3 is 0 Å². The molecule has 21 heavy (non-hydrogen) atoms. The topological polar surface area (TPSA) is 78.0 Å². The molecule has 1 aliphatic rings. The van der Waals surface area contributed by atoms with Gasteiger partial charge in [0.05, 0.1) is 12.6 Å². The fourth-order valence-corrected chi connectivity index (χ4v) is 2.40. The summed E-state index contributed by atoms with van der Waals surface area (Å²) >= 11 is 5.86. The van der Waals surface area contributed by atoms with Crippen LogP contribution in [0.3, 0.4) is 0 Å². The first-order valence-electron chi connectivity index (χ1n) is 6.69. The predicted molar refractivity (Wildman–Crippen MR) is 77.4 cm³/mol. The summed E-state index contributed by atoms with van der Waals surface area (Å²) in [6, 6.07) is 9.38. The average Bonchev–Trinajstić information content (AvgIpc) is 2.97. The third-order valence-electron chi connectivity index (χ3n) is 3.41. The van der Waals surface area contributed by atoms with Gasteiger partial charge in [-0.25, -0.2) is 0 Å². The van der Waals surface area contributed by atoms with Crippen molar-refractivity contribution in [1.82, 2.24) is 20.4 Å². The van der Waals surface area contributed by atoms with Gasteiger partial charge in [0.2, 0.25) is 11.7 Å². The molecule has 0 aliphatic carbocycles. The maximum atomic E-state index is 9.14. The Kier molecular flexibility index (Phi) is 4.15. The van der Waals surface area contributed by atoms with E-state index in [9.17, 15) is 0 Å². The minimum absolute atomic E-state index is 0.162. The molecule has 2 aromatic rings. The number of nitriles is 1. The average molecular weight is 304 g/mol. The molecule has 1 aromatic carbocycles. The number of nitrogens with one attached hydrogen (secondary N) is 1. The summed E-state index contributed by atoms with van der Waals surface area (Å²) in [7, 11) is 0. The van der Waals surface area contributed by atoms with E-state index in [-0.39, 0.29) is 6.04 Å². The molecule has 108 valence electrons. The van der Waals surface area contributed by atoms with Crippen molar-refractivity contribution in [1.29, 1.82) is 5.26 Å². The molecule has 0 radical (unpaired) electrons. The van der Waals surface area contributed by atoms with Crippen molar-refractivity contribution in [3.63, 3.8) is 0 Å². The van der Waals surface area contributed by atoms with Crippen molar-refractivity contribution < 1.29 is 4.52 Å². The second-order valence-corrected chi connectivity index (χ2v) is 5.27. The summed E-state index contributed by atoms with van der Waals surface area (Å²) in [6.45, 7) is 2.79. The first kappa shape index (κ1) is 14.0. The van der Waals surface area contributed by atoms with Crippen molar-refractivity contribution in [3.8, 4) is 17.5 Å². The van der Waals surface area contributed by atoms with Crippen molar-refractivity contribution in [2.75, 3.05) is 19.6 Å². The van der Waals surface area contributed by atoms with Gasteiger partial charge in [-0.1, -0.05) is 16.8 Å². The number of piperazine rings is 1. The highest BCUT2D eigenvalue weighted by atomic mass is 35.5. The Morgan fingerprint density at radius 1 is 1.43 bits per heavy atom. The lowest BCUT2D eigenvalue weighted by Gasteiger charge is -2.30. The van der Waals surface area contributed by atoms with Gasteiger partial charge in [-0.15, -0.1) is 0 Å². The van der Waals surface area contributed by atoms with Gasteiger partial charge in [-0.3, -0.25) is 4.90 Å². The van der Waals surface area contributed by atoms with Gasteiger partial charge < -0.3 is 9.84 Å². The van der Waals surface area contributed by atoms with E-state index in [4.69, 9.17) is 21.4 Å². The molecule has 1 aliphatic heterocycles. The lowest BCUT2D eigenvalue weighted by molar-refractivity contribution is 0.167. The Morgan fingerprint density at radius 2 is 2.24 bits per heavy atom. The van der Waals surface area contributed by atoms with E-state index in [0.717, 1.165) is 18.7 Å². The molecule has 6 nitrogen and oxygen atoms in total. The van der Waals surface area contributed by atoms with Gasteiger partial charge in [0.1, 0.15) is 6.04 Å². The predicted octanol–water partition coefficient (Wildman–Crippen LogP) is 1.69. The second kappa shape index (κ2) is 6.22. The molecule has 1 atom stereocenters. The molecule has 0 bridgehead atoms. The minimum Gasteiger partial charge on any atom is -0.338 e. The quantitative estimate of drug-likeness (QED) is 0.929. The Morgan fingerprint density at radius 3 is 3.00 bits per heavy atom.